The third-order valence-corrected chi connectivity index (χ3v) is 4.20. The van der Waals surface area contributed by atoms with Crippen LogP contribution in [0.2, 0.25) is 0 Å². The number of nitrogens with one attached hydrogen (secondary N) is 1. The van der Waals surface area contributed by atoms with Gasteiger partial charge in [0.15, 0.2) is 0 Å². The number of benzene rings is 1. The van der Waals surface area contributed by atoms with Gasteiger partial charge in [-0.1, -0.05) is 13.8 Å². The Morgan fingerprint density at radius 2 is 2.09 bits per heavy atom. The first kappa shape index (κ1) is 15.1. The molecule has 0 aliphatic carbocycles. The number of hydrogen-bond donors (Lipinski definition) is 1. The molecule has 0 aliphatic heterocycles. The van der Waals surface area contributed by atoms with Crippen LogP contribution in [0, 0.1) is 11.7 Å². The van der Waals surface area contributed by atoms with Gasteiger partial charge in [0.05, 0.1) is 11.2 Å². The Labute approximate surface area is 134 Å². The molecule has 0 spiro atoms. The van der Waals surface area contributed by atoms with Crippen LogP contribution in [0.4, 0.5) is 4.39 Å². The second-order valence-corrected chi connectivity index (χ2v) is 6.65. The van der Waals surface area contributed by atoms with Crippen LogP contribution in [-0.2, 0) is 6.54 Å². The second kappa shape index (κ2) is 6.55. The van der Waals surface area contributed by atoms with Crippen molar-refractivity contribution in [3.05, 3.63) is 52.5 Å². The maximum absolute atomic E-state index is 13.5. The van der Waals surface area contributed by atoms with Crippen LogP contribution in [-0.4, -0.2) is 11.5 Å². The van der Waals surface area contributed by atoms with E-state index < -0.39 is 0 Å². The van der Waals surface area contributed by atoms with Crippen molar-refractivity contribution in [2.75, 3.05) is 6.54 Å². The second-order valence-electron chi connectivity index (χ2n) is 5.87. The topological polar surface area (TPSA) is 24.9 Å². The summed E-state index contributed by atoms with van der Waals surface area (Å²) in [5.74, 6) is 0.356. The normalized spacial score (nSPS) is 11.5. The highest BCUT2D eigenvalue weighted by atomic mass is 32.1. The number of hydrogen-bond acceptors (Lipinski definition) is 3. The zero-order valence-corrected chi connectivity index (χ0v) is 13.6. The van der Waals surface area contributed by atoms with Gasteiger partial charge in [-0.05, 0) is 47.7 Å². The van der Waals surface area contributed by atoms with Gasteiger partial charge in [0.2, 0.25) is 0 Å². The molecule has 0 radical (unpaired) electrons. The zero-order chi connectivity index (χ0) is 15.5. The number of halogens is 1. The number of rotatable bonds is 5. The van der Waals surface area contributed by atoms with Gasteiger partial charge in [-0.3, -0.25) is 0 Å². The Kier molecular flexibility index (Phi) is 4.50. The average molecular weight is 314 g/mol. The Hall–Kier alpha value is -1.78. The molecule has 0 aliphatic rings. The van der Waals surface area contributed by atoms with Gasteiger partial charge >= 0.3 is 0 Å². The van der Waals surface area contributed by atoms with Crippen molar-refractivity contribution in [1.29, 1.82) is 0 Å². The van der Waals surface area contributed by atoms with Crippen LogP contribution in [0.25, 0.3) is 22.2 Å². The molecule has 2 heterocycles. The molecule has 2 aromatic heterocycles. The largest absolute Gasteiger partial charge is 0.312 e. The first-order valence-electron chi connectivity index (χ1n) is 7.46. The maximum atomic E-state index is 13.5. The lowest BCUT2D eigenvalue weighted by molar-refractivity contribution is 0.552. The maximum Gasteiger partial charge on any atom is 0.125 e. The summed E-state index contributed by atoms with van der Waals surface area (Å²) in [5.41, 5.74) is 3.89. The molecule has 0 saturated heterocycles. The van der Waals surface area contributed by atoms with E-state index in [1.165, 1.54) is 12.1 Å². The van der Waals surface area contributed by atoms with Gasteiger partial charge in [-0.25, -0.2) is 9.37 Å². The molecule has 114 valence electrons. The highest BCUT2D eigenvalue weighted by molar-refractivity contribution is 7.08. The van der Waals surface area contributed by atoms with Crippen molar-refractivity contribution in [2.24, 2.45) is 5.92 Å². The molecule has 0 unspecified atom stereocenters. The molecule has 0 atom stereocenters. The number of pyridine rings is 1. The van der Waals surface area contributed by atoms with Crippen molar-refractivity contribution >= 4 is 22.2 Å². The zero-order valence-electron chi connectivity index (χ0n) is 12.8. The third-order valence-electron chi connectivity index (χ3n) is 3.52. The summed E-state index contributed by atoms with van der Waals surface area (Å²) in [6, 6.07) is 8.95. The van der Waals surface area contributed by atoms with Crippen LogP contribution < -0.4 is 5.32 Å². The Morgan fingerprint density at radius 3 is 2.82 bits per heavy atom. The van der Waals surface area contributed by atoms with Crippen molar-refractivity contribution in [3.8, 4) is 11.3 Å². The third kappa shape index (κ3) is 3.34. The molecule has 22 heavy (non-hydrogen) atoms. The molecule has 0 fully saturated rings. The molecule has 2 nitrogen and oxygen atoms in total. The minimum absolute atomic E-state index is 0.248. The van der Waals surface area contributed by atoms with Crippen molar-refractivity contribution in [3.63, 3.8) is 0 Å². The molecule has 0 saturated carbocycles. The number of fused-ring (bicyclic) bond motifs is 1. The van der Waals surface area contributed by atoms with E-state index in [1.54, 1.807) is 17.4 Å². The molecule has 0 amide bonds. The van der Waals surface area contributed by atoms with Crippen molar-refractivity contribution in [2.45, 2.75) is 20.4 Å². The van der Waals surface area contributed by atoms with E-state index in [2.05, 4.69) is 36.7 Å². The Bertz CT molecular complexity index is 766. The monoisotopic (exact) mass is 314 g/mol. The number of aromatic nitrogens is 1. The fourth-order valence-electron chi connectivity index (χ4n) is 2.46. The van der Waals surface area contributed by atoms with Gasteiger partial charge in [0, 0.05) is 28.9 Å². The van der Waals surface area contributed by atoms with Gasteiger partial charge in [-0.2, -0.15) is 11.3 Å². The van der Waals surface area contributed by atoms with E-state index in [0.717, 1.165) is 35.3 Å². The van der Waals surface area contributed by atoms with Crippen LogP contribution >= 0.6 is 11.3 Å². The lowest BCUT2D eigenvalue weighted by Crippen LogP contribution is -2.19. The standard InChI is InChI=1S/C18H19FN2S/c1-12(2)9-20-10-15-7-13-3-4-16(19)8-17(13)21-18(15)14-5-6-22-11-14/h3-8,11-12,20H,9-10H2,1-2H3. The minimum Gasteiger partial charge on any atom is -0.312 e. The summed E-state index contributed by atoms with van der Waals surface area (Å²) in [5, 5.41) is 8.57. The van der Waals surface area contributed by atoms with Crippen molar-refractivity contribution in [1.82, 2.24) is 10.3 Å². The lowest BCUT2D eigenvalue weighted by atomic mass is 10.0. The van der Waals surface area contributed by atoms with E-state index in [4.69, 9.17) is 4.98 Å². The van der Waals surface area contributed by atoms with Crippen molar-refractivity contribution < 1.29 is 4.39 Å². The quantitative estimate of drug-likeness (QED) is 0.728. The Balaban J connectivity index is 2.03. The number of nitrogens with zero attached hydrogens (tertiary/aromatic N) is 1. The molecule has 3 rings (SSSR count). The summed E-state index contributed by atoms with van der Waals surface area (Å²) in [6.07, 6.45) is 0. The predicted molar refractivity (Wildman–Crippen MR) is 91.6 cm³/mol. The molecule has 1 N–H and O–H groups in total. The molecule has 0 bridgehead atoms. The van der Waals surface area contributed by atoms with E-state index >= 15 is 0 Å². The molecular weight excluding hydrogens is 295 g/mol. The van der Waals surface area contributed by atoms with Gasteiger partial charge < -0.3 is 5.32 Å². The SMILES string of the molecule is CC(C)CNCc1cc2ccc(F)cc2nc1-c1ccsc1. The van der Waals surface area contributed by atoms with Crippen LogP contribution in [0.1, 0.15) is 19.4 Å². The fourth-order valence-corrected chi connectivity index (χ4v) is 3.10. The fraction of sp³-hybridized carbons (Fsp3) is 0.278. The molecule has 3 aromatic rings. The predicted octanol–water partition coefficient (Wildman–Crippen LogP) is 4.85. The summed E-state index contributed by atoms with van der Waals surface area (Å²) >= 11 is 1.65. The highest BCUT2D eigenvalue weighted by Crippen LogP contribution is 2.27. The summed E-state index contributed by atoms with van der Waals surface area (Å²) in [4.78, 5) is 4.70. The van der Waals surface area contributed by atoms with Crippen LogP contribution in [0.3, 0.4) is 0 Å². The smallest absolute Gasteiger partial charge is 0.125 e. The summed E-state index contributed by atoms with van der Waals surface area (Å²) in [7, 11) is 0. The lowest BCUT2D eigenvalue weighted by Gasteiger charge is -2.12. The van der Waals surface area contributed by atoms with E-state index in [0.29, 0.717) is 11.4 Å². The first-order valence-corrected chi connectivity index (χ1v) is 8.40. The Morgan fingerprint density at radius 1 is 1.23 bits per heavy atom. The minimum atomic E-state index is -0.248. The van der Waals surface area contributed by atoms with Crippen LogP contribution in [0.15, 0.2) is 41.1 Å². The van der Waals surface area contributed by atoms with Gasteiger partial charge in [-0.15, -0.1) is 0 Å². The molecule has 4 heteroatoms. The average Bonchev–Trinajstić information content (AvgIpc) is 3.00. The first-order chi connectivity index (χ1) is 10.6. The summed E-state index contributed by atoms with van der Waals surface area (Å²) in [6.45, 7) is 6.11. The number of thiophene rings is 1. The molecule has 1 aromatic carbocycles. The van der Waals surface area contributed by atoms with E-state index in [9.17, 15) is 4.39 Å². The van der Waals surface area contributed by atoms with E-state index in [-0.39, 0.29) is 5.82 Å². The van der Waals surface area contributed by atoms with Crippen LogP contribution in [0.5, 0.6) is 0 Å². The molecular formula is C18H19FN2S. The summed E-state index contributed by atoms with van der Waals surface area (Å²) < 4.78 is 13.5. The van der Waals surface area contributed by atoms with E-state index in [1.807, 2.05) is 5.38 Å². The highest BCUT2D eigenvalue weighted by Gasteiger charge is 2.10. The van der Waals surface area contributed by atoms with Gasteiger partial charge in [0.25, 0.3) is 0 Å². The van der Waals surface area contributed by atoms with Gasteiger partial charge in [0.1, 0.15) is 5.82 Å².